The molecule has 0 aliphatic heterocycles. The van der Waals surface area contributed by atoms with Crippen LogP contribution in [-0.4, -0.2) is 15.6 Å². The van der Waals surface area contributed by atoms with Crippen LogP contribution in [0.3, 0.4) is 0 Å². The van der Waals surface area contributed by atoms with Gasteiger partial charge in [-0.25, -0.2) is 9.37 Å². The zero-order valence-corrected chi connectivity index (χ0v) is 10.8. The molecule has 0 saturated heterocycles. The number of halogens is 1. The first-order chi connectivity index (χ1) is 9.34. The molecular formula is C15H18FN3. The molecule has 1 aliphatic carbocycles. The number of hydrogen-bond donors (Lipinski definition) is 1. The highest BCUT2D eigenvalue weighted by Gasteiger charge is 2.27. The van der Waals surface area contributed by atoms with Gasteiger partial charge < -0.3 is 9.88 Å². The van der Waals surface area contributed by atoms with E-state index in [1.807, 2.05) is 30.9 Å². The van der Waals surface area contributed by atoms with Crippen LogP contribution in [0.5, 0.6) is 0 Å². The normalized spacial score (nSPS) is 22.8. The molecule has 1 aliphatic rings. The van der Waals surface area contributed by atoms with Crippen molar-refractivity contribution in [1.29, 1.82) is 0 Å². The molecule has 100 valence electrons. The molecule has 1 fully saturated rings. The summed E-state index contributed by atoms with van der Waals surface area (Å²) < 4.78 is 15.7. The van der Waals surface area contributed by atoms with Crippen LogP contribution in [0, 0.1) is 5.82 Å². The summed E-state index contributed by atoms with van der Waals surface area (Å²) >= 11 is 0. The van der Waals surface area contributed by atoms with Gasteiger partial charge in [-0.2, -0.15) is 0 Å². The van der Waals surface area contributed by atoms with Gasteiger partial charge in [0.05, 0.1) is 6.33 Å². The topological polar surface area (TPSA) is 29.9 Å². The van der Waals surface area contributed by atoms with Gasteiger partial charge in [0, 0.05) is 36.6 Å². The number of nitrogens with zero attached hydrogens (tertiary/aromatic N) is 2. The van der Waals surface area contributed by atoms with E-state index < -0.39 is 0 Å². The van der Waals surface area contributed by atoms with Crippen molar-refractivity contribution < 1.29 is 4.39 Å². The molecule has 2 atom stereocenters. The Bertz CT molecular complexity index is 524. The van der Waals surface area contributed by atoms with Crippen molar-refractivity contribution in [2.75, 3.05) is 0 Å². The van der Waals surface area contributed by atoms with Gasteiger partial charge in [-0.1, -0.05) is 18.2 Å². The molecule has 2 aromatic rings. The Labute approximate surface area is 112 Å². The van der Waals surface area contributed by atoms with Crippen molar-refractivity contribution in [3.63, 3.8) is 0 Å². The molecule has 3 rings (SSSR count). The highest BCUT2D eigenvalue weighted by Crippen LogP contribution is 2.30. The molecule has 1 aromatic carbocycles. The minimum absolute atomic E-state index is 0.132. The summed E-state index contributed by atoms with van der Waals surface area (Å²) in [6, 6.07) is 7.79. The van der Waals surface area contributed by atoms with E-state index >= 15 is 0 Å². The second kappa shape index (κ2) is 5.53. The third kappa shape index (κ3) is 2.68. The fourth-order valence-electron chi connectivity index (χ4n) is 2.88. The summed E-state index contributed by atoms with van der Waals surface area (Å²) in [7, 11) is 0. The van der Waals surface area contributed by atoms with E-state index in [1.165, 1.54) is 12.5 Å². The van der Waals surface area contributed by atoms with E-state index in [4.69, 9.17) is 0 Å². The van der Waals surface area contributed by atoms with Crippen LogP contribution in [0.4, 0.5) is 4.39 Å². The van der Waals surface area contributed by atoms with E-state index in [2.05, 4.69) is 14.9 Å². The van der Waals surface area contributed by atoms with E-state index in [1.54, 1.807) is 6.07 Å². The fraction of sp³-hybridized carbons (Fsp3) is 0.400. The van der Waals surface area contributed by atoms with Crippen molar-refractivity contribution in [2.45, 2.75) is 37.9 Å². The maximum Gasteiger partial charge on any atom is 0.127 e. The lowest BCUT2D eigenvalue weighted by Gasteiger charge is -2.22. The van der Waals surface area contributed by atoms with E-state index in [0.29, 0.717) is 18.6 Å². The van der Waals surface area contributed by atoms with Gasteiger partial charge in [0.1, 0.15) is 5.82 Å². The zero-order chi connectivity index (χ0) is 13.1. The molecule has 4 heteroatoms. The van der Waals surface area contributed by atoms with Crippen LogP contribution in [0.1, 0.15) is 30.9 Å². The van der Waals surface area contributed by atoms with E-state index in [9.17, 15) is 4.39 Å². The Hall–Kier alpha value is -1.68. The highest BCUT2D eigenvalue weighted by molar-refractivity contribution is 5.17. The number of imidazole rings is 1. The number of rotatable bonds is 4. The lowest BCUT2D eigenvalue weighted by molar-refractivity contribution is 0.388. The SMILES string of the molecule is Fc1ccccc1CNC1CCCC1n1ccnc1. The molecule has 0 spiro atoms. The monoisotopic (exact) mass is 259 g/mol. The molecule has 2 unspecified atom stereocenters. The van der Waals surface area contributed by atoms with Crippen molar-refractivity contribution in [3.8, 4) is 0 Å². The molecule has 1 saturated carbocycles. The van der Waals surface area contributed by atoms with Gasteiger partial charge >= 0.3 is 0 Å². The predicted molar refractivity (Wildman–Crippen MR) is 72.1 cm³/mol. The molecule has 1 heterocycles. The van der Waals surface area contributed by atoms with Gasteiger partial charge in [0.2, 0.25) is 0 Å². The molecule has 1 aromatic heterocycles. The molecular weight excluding hydrogens is 241 g/mol. The minimum Gasteiger partial charge on any atom is -0.333 e. The van der Waals surface area contributed by atoms with E-state index in [-0.39, 0.29) is 5.82 Å². The first-order valence-corrected chi connectivity index (χ1v) is 6.79. The smallest absolute Gasteiger partial charge is 0.127 e. The number of aromatic nitrogens is 2. The largest absolute Gasteiger partial charge is 0.333 e. The molecule has 1 N–H and O–H groups in total. The summed E-state index contributed by atoms with van der Waals surface area (Å²) in [6.45, 7) is 0.586. The first-order valence-electron chi connectivity index (χ1n) is 6.79. The van der Waals surface area contributed by atoms with Gasteiger partial charge in [0.25, 0.3) is 0 Å². The predicted octanol–water partition coefficient (Wildman–Crippen LogP) is 2.91. The molecule has 0 amide bonds. The van der Waals surface area contributed by atoms with Crippen molar-refractivity contribution in [3.05, 3.63) is 54.4 Å². The quantitative estimate of drug-likeness (QED) is 0.915. The van der Waals surface area contributed by atoms with Crippen LogP contribution in [-0.2, 0) is 6.54 Å². The van der Waals surface area contributed by atoms with Gasteiger partial charge in [-0.05, 0) is 25.3 Å². The lowest BCUT2D eigenvalue weighted by Crippen LogP contribution is -2.33. The van der Waals surface area contributed by atoms with Gasteiger partial charge in [-0.3, -0.25) is 0 Å². The van der Waals surface area contributed by atoms with Crippen LogP contribution in [0.25, 0.3) is 0 Å². The van der Waals surface area contributed by atoms with Crippen molar-refractivity contribution >= 4 is 0 Å². The Balaban J connectivity index is 1.65. The van der Waals surface area contributed by atoms with Gasteiger partial charge in [0.15, 0.2) is 0 Å². The average Bonchev–Trinajstić information content (AvgIpc) is 3.08. The maximum atomic E-state index is 13.6. The molecule has 0 radical (unpaired) electrons. The second-order valence-corrected chi connectivity index (χ2v) is 5.09. The number of hydrogen-bond acceptors (Lipinski definition) is 2. The Morgan fingerprint density at radius 3 is 3.00 bits per heavy atom. The first kappa shape index (κ1) is 12.4. The summed E-state index contributed by atoms with van der Waals surface area (Å²) in [6.07, 6.45) is 9.19. The summed E-state index contributed by atoms with van der Waals surface area (Å²) in [5.41, 5.74) is 0.735. The Morgan fingerprint density at radius 1 is 1.32 bits per heavy atom. The average molecular weight is 259 g/mol. The van der Waals surface area contributed by atoms with Crippen LogP contribution in [0.15, 0.2) is 43.0 Å². The Morgan fingerprint density at radius 2 is 2.21 bits per heavy atom. The van der Waals surface area contributed by atoms with Crippen molar-refractivity contribution in [1.82, 2.24) is 14.9 Å². The summed E-state index contributed by atoms with van der Waals surface area (Å²) in [5.74, 6) is -0.132. The fourth-order valence-corrected chi connectivity index (χ4v) is 2.88. The van der Waals surface area contributed by atoms with Crippen molar-refractivity contribution in [2.24, 2.45) is 0 Å². The molecule has 0 bridgehead atoms. The summed E-state index contributed by atoms with van der Waals surface area (Å²) in [4.78, 5) is 4.11. The van der Waals surface area contributed by atoms with E-state index in [0.717, 1.165) is 18.4 Å². The minimum atomic E-state index is -0.132. The van der Waals surface area contributed by atoms with Crippen LogP contribution < -0.4 is 5.32 Å². The number of nitrogens with one attached hydrogen (secondary N) is 1. The number of benzene rings is 1. The van der Waals surface area contributed by atoms with Crippen LogP contribution >= 0.6 is 0 Å². The standard InChI is InChI=1S/C15H18FN3/c16-13-5-2-1-4-12(13)10-18-14-6-3-7-15(14)19-9-8-17-11-19/h1-2,4-5,8-9,11,14-15,18H,3,6-7,10H2. The molecule has 3 nitrogen and oxygen atoms in total. The second-order valence-electron chi connectivity index (χ2n) is 5.09. The summed E-state index contributed by atoms with van der Waals surface area (Å²) in [5, 5.41) is 3.49. The highest BCUT2D eigenvalue weighted by atomic mass is 19.1. The third-order valence-corrected chi connectivity index (χ3v) is 3.90. The van der Waals surface area contributed by atoms with Crippen LogP contribution in [0.2, 0.25) is 0 Å². The maximum absolute atomic E-state index is 13.6. The van der Waals surface area contributed by atoms with Gasteiger partial charge in [-0.15, -0.1) is 0 Å². The Kier molecular flexibility index (Phi) is 3.60. The lowest BCUT2D eigenvalue weighted by atomic mass is 10.1. The molecule has 19 heavy (non-hydrogen) atoms. The zero-order valence-electron chi connectivity index (χ0n) is 10.8. The third-order valence-electron chi connectivity index (χ3n) is 3.90.